The number of thiazole rings is 1. The van der Waals surface area contributed by atoms with Crippen molar-refractivity contribution in [2.75, 3.05) is 0 Å². The molecule has 0 aliphatic heterocycles. The summed E-state index contributed by atoms with van der Waals surface area (Å²) in [5.74, 6) is 0. The number of hydrogen-bond acceptors (Lipinski definition) is 4. The molecule has 1 unspecified atom stereocenters. The zero-order chi connectivity index (χ0) is 12.5. The van der Waals surface area contributed by atoms with E-state index in [4.69, 9.17) is 5.73 Å². The summed E-state index contributed by atoms with van der Waals surface area (Å²) >= 11 is 5.09. The van der Waals surface area contributed by atoms with Crippen LogP contribution < -0.4 is 5.73 Å². The zero-order valence-electron chi connectivity index (χ0n) is 9.43. The first-order chi connectivity index (χ1) is 8.72. The van der Waals surface area contributed by atoms with E-state index in [2.05, 4.69) is 36.9 Å². The van der Waals surface area contributed by atoms with Crippen LogP contribution in [0.4, 0.5) is 0 Å². The van der Waals surface area contributed by atoms with Gasteiger partial charge in [-0.25, -0.2) is 9.97 Å². The minimum Gasteiger partial charge on any atom is -0.348 e. The molecule has 0 aliphatic carbocycles. The fraction of sp³-hybridized carbons (Fsp3) is 0.167. The van der Waals surface area contributed by atoms with E-state index >= 15 is 0 Å². The molecule has 3 N–H and O–H groups in total. The number of H-pyrrole nitrogens is 1. The van der Waals surface area contributed by atoms with Crippen molar-refractivity contribution >= 4 is 37.5 Å². The van der Waals surface area contributed by atoms with Gasteiger partial charge in [-0.1, -0.05) is 15.9 Å². The van der Waals surface area contributed by atoms with E-state index in [9.17, 15) is 0 Å². The molecule has 18 heavy (non-hydrogen) atoms. The second kappa shape index (κ2) is 4.79. The molecule has 2 aromatic heterocycles. The average Bonchev–Trinajstić information content (AvgIpc) is 2.96. The second-order valence-corrected chi connectivity index (χ2v) is 6.03. The molecule has 0 bridgehead atoms. The molecule has 0 saturated carbocycles. The lowest BCUT2D eigenvalue weighted by Crippen LogP contribution is -2.13. The van der Waals surface area contributed by atoms with Gasteiger partial charge in [0, 0.05) is 22.8 Å². The fourth-order valence-electron chi connectivity index (χ4n) is 1.80. The monoisotopic (exact) mass is 322 g/mol. The van der Waals surface area contributed by atoms with Crippen LogP contribution in [-0.4, -0.2) is 15.0 Å². The van der Waals surface area contributed by atoms with Gasteiger partial charge in [0.25, 0.3) is 0 Å². The zero-order valence-corrected chi connectivity index (χ0v) is 11.8. The lowest BCUT2D eigenvalue weighted by molar-refractivity contribution is 0.705. The molecule has 6 heteroatoms. The Labute approximate surface area is 116 Å². The Bertz CT molecular complexity index is 662. The van der Waals surface area contributed by atoms with Gasteiger partial charge in [-0.15, -0.1) is 11.3 Å². The topological polar surface area (TPSA) is 67.6 Å². The number of fused-ring (bicyclic) bond motifs is 1. The van der Waals surface area contributed by atoms with Crippen LogP contribution in [0.15, 0.2) is 35.2 Å². The van der Waals surface area contributed by atoms with E-state index in [0.29, 0.717) is 0 Å². The van der Waals surface area contributed by atoms with Gasteiger partial charge in [0.05, 0.1) is 22.6 Å². The molecule has 0 fully saturated rings. The molecule has 0 radical (unpaired) electrons. The smallest absolute Gasteiger partial charge is 0.111 e. The molecule has 0 saturated heterocycles. The highest BCUT2D eigenvalue weighted by Gasteiger charge is 2.13. The Kier molecular flexibility index (Phi) is 3.15. The van der Waals surface area contributed by atoms with Crippen molar-refractivity contribution in [1.82, 2.24) is 15.0 Å². The van der Waals surface area contributed by atoms with Gasteiger partial charge in [0.15, 0.2) is 0 Å². The van der Waals surface area contributed by atoms with Crippen molar-refractivity contribution < 1.29 is 0 Å². The van der Waals surface area contributed by atoms with E-state index in [-0.39, 0.29) is 6.04 Å². The van der Waals surface area contributed by atoms with Gasteiger partial charge in [-0.2, -0.15) is 0 Å². The van der Waals surface area contributed by atoms with Crippen LogP contribution in [0, 0.1) is 0 Å². The molecule has 1 aromatic carbocycles. The lowest BCUT2D eigenvalue weighted by Gasteiger charge is -2.05. The minimum atomic E-state index is -0.0957. The fourth-order valence-corrected chi connectivity index (χ4v) is 3.10. The Balaban J connectivity index is 1.89. The molecule has 0 amide bonds. The minimum absolute atomic E-state index is 0.0957. The molecule has 3 aromatic rings. The van der Waals surface area contributed by atoms with Crippen LogP contribution in [0.5, 0.6) is 0 Å². The maximum absolute atomic E-state index is 6.18. The summed E-state index contributed by atoms with van der Waals surface area (Å²) in [7, 11) is 0. The number of halogens is 1. The number of aromatic amines is 1. The van der Waals surface area contributed by atoms with E-state index in [0.717, 1.165) is 31.8 Å². The quantitative estimate of drug-likeness (QED) is 0.778. The molecule has 92 valence electrons. The van der Waals surface area contributed by atoms with Crippen LogP contribution >= 0.6 is 27.3 Å². The SMILES string of the molecule is NC(Cc1cnc[nH]1)c1nc2cc(Br)ccc2s1. The van der Waals surface area contributed by atoms with Crippen molar-refractivity contribution in [3.63, 3.8) is 0 Å². The molecule has 0 aliphatic rings. The third-order valence-electron chi connectivity index (χ3n) is 2.68. The molecule has 3 rings (SSSR count). The van der Waals surface area contributed by atoms with E-state index in [1.807, 2.05) is 12.1 Å². The summed E-state index contributed by atoms with van der Waals surface area (Å²) in [5.41, 5.74) is 8.20. The van der Waals surface area contributed by atoms with E-state index < -0.39 is 0 Å². The summed E-state index contributed by atoms with van der Waals surface area (Å²) in [6.45, 7) is 0. The number of nitrogens with two attached hydrogens (primary N) is 1. The van der Waals surface area contributed by atoms with Crippen molar-refractivity contribution in [2.24, 2.45) is 5.73 Å². The van der Waals surface area contributed by atoms with Gasteiger partial charge in [0.2, 0.25) is 0 Å². The lowest BCUT2D eigenvalue weighted by atomic mass is 10.2. The number of rotatable bonds is 3. The Morgan fingerprint density at radius 3 is 3.11 bits per heavy atom. The molecule has 0 spiro atoms. The highest BCUT2D eigenvalue weighted by Crippen LogP contribution is 2.28. The number of nitrogens with zero attached hydrogens (tertiary/aromatic N) is 2. The predicted molar refractivity (Wildman–Crippen MR) is 76.5 cm³/mol. The average molecular weight is 323 g/mol. The van der Waals surface area contributed by atoms with Crippen LogP contribution in [0.3, 0.4) is 0 Å². The van der Waals surface area contributed by atoms with Crippen LogP contribution in [0.25, 0.3) is 10.2 Å². The van der Waals surface area contributed by atoms with Gasteiger partial charge in [-0.3, -0.25) is 0 Å². The molecular formula is C12H11BrN4S. The number of benzene rings is 1. The van der Waals surface area contributed by atoms with Gasteiger partial charge in [-0.05, 0) is 18.2 Å². The van der Waals surface area contributed by atoms with Crippen molar-refractivity contribution in [1.29, 1.82) is 0 Å². The second-order valence-electron chi connectivity index (χ2n) is 4.05. The summed E-state index contributed by atoms with van der Waals surface area (Å²) in [5, 5.41) is 0.956. The van der Waals surface area contributed by atoms with E-state index in [1.54, 1.807) is 23.9 Å². The Morgan fingerprint density at radius 1 is 1.44 bits per heavy atom. The normalized spacial score (nSPS) is 13.0. The molecular weight excluding hydrogens is 312 g/mol. The number of aromatic nitrogens is 3. The van der Waals surface area contributed by atoms with Gasteiger partial charge >= 0.3 is 0 Å². The molecule has 4 nitrogen and oxygen atoms in total. The molecule has 1 atom stereocenters. The first-order valence-corrected chi connectivity index (χ1v) is 7.12. The standard InChI is InChI=1S/C12H11BrN4S/c13-7-1-2-11-10(3-7)17-12(18-11)9(14)4-8-5-15-6-16-8/h1-3,5-6,9H,4,14H2,(H,15,16). The van der Waals surface area contributed by atoms with Crippen LogP contribution in [-0.2, 0) is 6.42 Å². The Morgan fingerprint density at radius 2 is 2.33 bits per heavy atom. The first kappa shape index (κ1) is 11.8. The third kappa shape index (κ3) is 2.31. The summed E-state index contributed by atoms with van der Waals surface area (Å²) in [6, 6.07) is 5.99. The number of hydrogen-bond donors (Lipinski definition) is 2. The largest absolute Gasteiger partial charge is 0.348 e. The Hall–Kier alpha value is -1.24. The maximum atomic E-state index is 6.18. The van der Waals surface area contributed by atoms with Crippen molar-refractivity contribution in [3.05, 3.63) is 45.9 Å². The van der Waals surface area contributed by atoms with Crippen LogP contribution in [0.1, 0.15) is 16.7 Å². The summed E-state index contributed by atoms with van der Waals surface area (Å²) in [4.78, 5) is 11.6. The van der Waals surface area contributed by atoms with Crippen molar-refractivity contribution in [3.8, 4) is 0 Å². The van der Waals surface area contributed by atoms with E-state index in [1.165, 1.54) is 0 Å². The maximum Gasteiger partial charge on any atom is 0.111 e. The van der Waals surface area contributed by atoms with Crippen LogP contribution in [0.2, 0.25) is 0 Å². The molecule has 2 heterocycles. The van der Waals surface area contributed by atoms with Gasteiger partial charge < -0.3 is 10.7 Å². The summed E-state index contributed by atoms with van der Waals surface area (Å²) < 4.78 is 2.20. The van der Waals surface area contributed by atoms with Crippen molar-refractivity contribution in [2.45, 2.75) is 12.5 Å². The highest BCUT2D eigenvalue weighted by molar-refractivity contribution is 9.10. The third-order valence-corrected chi connectivity index (χ3v) is 4.34. The number of nitrogens with one attached hydrogen (secondary N) is 1. The predicted octanol–water partition coefficient (Wildman–Crippen LogP) is 3.02. The summed E-state index contributed by atoms with van der Waals surface area (Å²) in [6.07, 6.45) is 4.18. The number of imidazole rings is 1. The van der Waals surface area contributed by atoms with Gasteiger partial charge in [0.1, 0.15) is 5.01 Å². The highest BCUT2D eigenvalue weighted by atomic mass is 79.9. The first-order valence-electron chi connectivity index (χ1n) is 5.51.